The Balaban J connectivity index is 1.43. The van der Waals surface area contributed by atoms with Crippen LogP contribution in [0.4, 0.5) is 5.82 Å². The van der Waals surface area contributed by atoms with Crippen molar-refractivity contribution in [3.8, 4) is 0 Å². The number of fused-ring (bicyclic) bond motifs is 1. The molecular formula is C18H20N6O. The van der Waals surface area contributed by atoms with Crippen LogP contribution < -0.4 is 10.2 Å². The van der Waals surface area contributed by atoms with Gasteiger partial charge in [0.05, 0.1) is 5.56 Å². The van der Waals surface area contributed by atoms with E-state index in [1.54, 1.807) is 12.3 Å². The number of nitrogens with one attached hydrogen (secondary N) is 1. The van der Waals surface area contributed by atoms with Crippen molar-refractivity contribution >= 4 is 17.4 Å². The fraction of sp³-hybridized carbons (Fsp3) is 0.333. The van der Waals surface area contributed by atoms with Gasteiger partial charge in [-0.3, -0.25) is 9.20 Å². The summed E-state index contributed by atoms with van der Waals surface area (Å²) >= 11 is 0. The first-order valence-corrected chi connectivity index (χ1v) is 8.60. The van der Waals surface area contributed by atoms with E-state index < -0.39 is 0 Å². The first kappa shape index (κ1) is 15.6. The molecule has 3 aromatic rings. The van der Waals surface area contributed by atoms with Gasteiger partial charge in [0.25, 0.3) is 5.91 Å². The fourth-order valence-electron chi connectivity index (χ4n) is 3.20. The largest absolute Gasteiger partial charge is 0.356 e. The lowest BCUT2D eigenvalue weighted by Crippen LogP contribution is -2.29. The molecule has 1 N–H and O–H groups in total. The minimum absolute atomic E-state index is 0.0937. The van der Waals surface area contributed by atoms with Crippen molar-refractivity contribution in [2.45, 2.75) is 19.3 Å². The molecule has 0 aromatic carbocycles. The van der Waals surface area contributed by atoms with Gasteiger partial charge in [0.2, 0.25) is 0 Å². The van der Waals surface area contributed by atoms with Gasteiger partial charge in [-0.2, -0.15) is 0 Å². The van der Waals surface area contributed by atoms with Gasteiger partial charge in [0.1, 0.15) is 11.6 Å². The summed E-state index contributed by atoms with van der Waals surface area (Å²) in [6, 6.07) is 9.42. The summed E-state index contributed by atoms with van der Waals surface area (Å²) < 4.78 is 1.94. The number of hydrogen-bond acceptors (Lipinski definition) is 5. The highest BCUT2D eigenvalue weighted by Gasteiger charge is 2.20. The van der Waals surface area contributed by atoms with E-state index >= 15 is 0 Å². The molecule has 128 valence electrons. The molecule has 1 aliphatic heterocycles. The van der Waals surface area contributed by atoms with Gasteiger partial charge in [-0.15, -0.1) is 10.2 Å². The Labute approximate surface area is 145 Å². The molecule has 25 heavy (non-hydrogen) atoms. The molecule has 0 aliphatic carbocycles. The van der Waals surface area contributed by atoms with E-state index in [0.29, 0.717) is 18.5 Å². The average molecular weight is 336 g/mol. The number of carbonyl (C=O) groups excluding carboxylic acids is 1. The lowest BCUT2D eigenvalue weighted by Gasteiger charge is -2.19. The van der Waals surface area contributed by atoms with E-state index in [4.69, 9.17) is 0 Å². The Morgan fingerprint density at radius 1 is 1.12 bits per heavy atom. The molecule has 1 saturated heterocycles. The van der Waals surface area contributed by atoms with Crippen LogP contribution in [0.1, 0.15) is 29.0 Å². The van der Waals surface area contributed by atoms with E-state index in [2.05, 4.69) is 25.4 Å². The van der Waals surface area contributed by atoms with Gasteiger partial charge in [-0.05, 0) is 37.1 Å². The Kier molecular flexibility index (Phi) is 4.28. The first-order valence-electron chi connectivity index (χ1n) is 8.60. The summed E-state index contributed by atoms with van der Waals surface area (Å²) in [5, 5.41) is 11.3. The van der Waals surface area contributed by atoms with Crippen LogP contribution in [0.15, 0.2) is 42.7 Å². The van der Waals surface area contributed by atoms with Crippen molar-refractivity contribution in [2.75, 3.05) is 24.5 Å². The molecule has 1 aliphatic rings. The van der Waals surface area contributed by atoms with Crippen LogP contribution in [-0.2, 0) is 6.42 Å². The summed E-state index contributed by atoms with van der Waals surface area (Å²) in [7, 11) is 0. The minimum atomic E-state index is -0.0937. The maximum Gasteiger partial charge on any atom is 0.255 e. The lowest BCUT2D eigenvalue weighted by molar-refractivity contribution is 0.0954. The standard InChI is InChI=1S/C18H20N6O/c25-18(14-6-5-9-19-17(14)23-11-3-4-12-23)20-10-8-16-22-21-15-7-1-2-13-24(15)16/h1-2,5-7,9,13H,3-4,8,10-12H2,(H,20,25). The summed E-state index contributed by atoms with van der Waals surface area (Å²) in [5.41, 5.74) is 1.45. The maximum atomic E-state index is 12.6. The molecule has 7 heteroatoms. The maximum absolute atomic E-state index is 12.6. The number of aromatic nitrogens is 4. The number of carbonyl (C=O) groups is 1. The lowest BCUT2D eigenvalue weighted by atomic mass is 10.2. The molecule has 0 saturated carbocycles. The van der Waals surface area contributed by atoms with Gasteiger partial charge in [-0.1, -0.05) is 6.07 Å². The van der Waals surface area contributed by atoms with Crippen molar-refractivity contribution in [3.63, 3.8) is 0 Å². The number of amides is 1. The zero-order chi connectivity index (χ0) is 17.1. The third-order valence-corrected chi connectivity index (χ3v) is 4.46. The highest BCUT2D eigenvalue weighted by atomic mass is 16.1. The van der Waals surface area contributed by atoms with Gasteiger partial charge < -0.3 is 10.2 Å². The molecule has 4 heterocycles. The zero-order valence-corrected chi connectivity index (χ0v) is 13.9. The molecule has 1 fully saturated rings. The molecule has 0 unspecified atom stereocenters. The van der Waals surface area contributed by atoms with Crippen LogP contribution in [0.3, 0.4) is 0 Å². The number of rotatable bonds is 5. The third kappa shape index (κ3) is 3.17. The summed E-state index contributed by atoms with van der Waals surface area (Å²) in [6.45, 7) is 2.43. The smallest absolute Gasteiger partial charge is 0.255 e. The molecular weight excluding hydrogens is 316 g/mol. The number of pyridine rings is 2. The second kappa shape index (κ2) is 6.88. The van der Waals surface area contributed by atoms with E-state index in [1.807, 2.05) is 34.9 Å². The normalized spacial score (nSPS) is 14.2. The average Bonchev–Trinajstić information content (AvgIpc) is 3.32. The van der Waals surface area contributed by atoms with Crippen LogP contribution in [0.25, 0.3) is 5.65 Å². The molecule has 0 radical (unpaired) electrons. The van der Waals surface area contributed by atoms with Crippen molar-refractivity contribution in [2.24, 2.45) is 0 Å². The molecule has 0 spiro atoms. The van der Waals surface area contributed by atoms with E-state index in [0.717, 1.165) is 43.2 Å². The van der Waals surface area contributed by atoms with Gasteiger partial charge in [0.15, 0.2) is 5.65 Å². The minimum Gasteiger partial charge on any atom is -0.356 e. The Hall–Kier alpha value is -2.96. The van der Waals surface area contributed by atoms with Crippen LogP contribution in [-0.4, -0.2) is 45.1 Å². The number of hydrogen-bond donors (Lipinski definition) is 1. The van der Waals surface area contributed by atoms with Gasteiger partial charge in [0, 0.05) is 38.4 Å². The third-order valence-electron chi connectivity index (χ3n) is 4.46. The van der Waals surface area contributed by atoms with Crippen molar-refractivity contribution in [3.05, 3.63) is 54.1 Å². The number of nitrogens with zero attached hydrogens (tertiary/aromatic N) is 5. The molecule has 3 aromatic heterocycles. The van der Waals surface area contributed by atoms with Crippen molar-refractivity contribution in [1.29, 1.82) is 0 Å². The number of anilines is 1. The van der Waals surface area contributed by atoms with Gasteiger partial charge in [-0.25, -0.2) is 4.98 Å². The second-order valence-electron chi connectivity index (χ2n) is 6.12. The topological polar surface area (TPSA) is 75.4 Å². The molecule has 4 rings (SSSR count). The summed E-state index contributed by atoms with van der Waals surface area (Å²) in [6.07, 6.45) is 6.59. The molecule has 1 amide bonds. The van der Waals surface area contributed by atoms with Crippen LogP contribution >= 0.6 is 0 Å². The monoisotopic (exact) mass is 336 g/mol. The molecule has 0 atom stereocenters. The predicted octanol–water partition coefficient (Wildman–Crippen LogP) is 1.70. The van der Waals surface area contributed by atoms with E-state index in [1.165, 1.54) is 0 Å². The van der Waals surface area contributed by atoms with Crippen molar-refractivity contribution in [1.82, 2.24) is 24.9 Å². The fourth-order valence-corrected chi connectivity index (χ4v) is 3.20. The van der Waals surface area contributed by atoms with E-state index in [9.17, 15) is 4.79 Å². The Morgan fingerprint density at radius 2 is 2.00 bits per heavy atom. The Morgan fingerprint density at radius 3 is 2.88 bits per heavy atom. The highest BCUT2D eigenvalue weighted by molar-refractivity contribution is 5.98. The zero-order valence-electron chi connectivity index (χ0n) is 13.9. The quantitative estimate of drug-likeness (QED) is 0.767. The highest BCUT2D eigenvalue weighted by Crippen LogP contribution is 2.21. The molecule has 7 nitrogen and oxygen atoms in total. The van der Waals surface area contributed by atoms with Crippen LogP contribution in [0.2, 0.25) is 0 Å². The molecule has 0 bridgehead atoms. The van der Waals surface area contributed by atoms with Gasteiger partial charge >= 0.3 is 0 Å². The van der Waals surface area contributed by atoms with Crippen molar-refractivity contribution < 1.29 is 4.79 Å². The Bertz CT molecular complexity index is 884. The second-order valence-corrected chi connectivity index (χ2v) is 6.12. The van der Waals surface area contributed by atoms with Crippen LogP contribution in [0.5, 0.6) is 0 Å². The summed E-state index contributed by atoms with van der Waals surface area (Å²) in [5.74, 6) is 1.52. The van der Waals surface area contributed by atoms with Crippen LogP contribution in [0, 0.1) is 0 Å². The SMILES string of the molecule is O=C(NCCc1nnc2ccccn12)c1cccnc1N1CCCC1. The summed E-state index contributed by atoms with van der Waals surface area (Å²) in [4.78, 5) is 19.2. The first-order chi connectivity index (χ1) is 12.3. The van der Waals surface area contributed by atoms with E-state index in [-0.39, 0.29) is 5.91 Å². The predicted molar refractivity (Wildman–Crippen MR) is 94.7 cm³/mol.